The third-order valence-electron chi connectivity index (χ3n) is 5.52. The number of rotatable bonds is 6. The summed E-state index contributed by atoms with van der Waals surface area (Å²) in [6.07, 6.45) is 3.20. The largest absolute Gasteiger partial charge is 0.357 e. The summed E-state index contributed by atoms with van der Waals surface area (Å²) in [5.74, 6) is 1.27. The van der Waals surface area contributed by atoms with Crippen molar-refractivity contribution >= 4 is 34.8 Å². The van der Waals surface area contributed by atoms with E-state index in [4.69, 9.17) is 16.6 Å². The predicted octanol–water partition coefficient (Wildman–Crippen LogP) is 2.54. The first kappa shape index (κ1) is 21.4. The van der Waals surface area contributed by atoms with Gasteiger partial charge in [0, 0.05) is 63.7 Å². The predicted molar refractivity (Wildman–Crippen MR) is 117 cm³/mol. The second-order valence-corrected chi connectivity index (χ2v) is 9.22. The number of thiophene rings is 1. The van der Waals surface area contributed by atoms with Crippen LogP contribution in [0.4, 0.5) is 0 Å². The number of carbonyl (C=O) groups is 1. The van der Waals surface area contributed by atoms with Gasteiger partial charge in [0.1, 0.15) is 0 Å². The molecule has 3 rings (SSSR count). The third kappa shape index (κ3) is 5.61. The molecule has 0 saturated carbocycles. The van der Waals surface area contributed by atoms with Gasteiger partial charge in [0.05, 0.1) is 10.4 Å². The first-order valence-electron chi connectivity index (χ1n) is 10.4. The molecule has 1 aromatic heterocycles. The maximum absolute atomic E-state index is 12.7. The Hall–Kier alpha value is -1.31. The first-order chi connectivity index (χ1) is 13.6. The van der Waals surface area contributed by atoms with Crippen LogP contribution in [0.1, 0.15) is 31.6 Å². The van der Waals surface area contributed by atoms with Crippen LogP contribution in [0.3, 0.4) is 0 Å². The van der Waals surface area contributed by atoms with Crippen LogP contribution in [0.2, 0.25) is 4.34 Å². The Bertz CT molecular complexity index is 665. The normalized spacial score (nSPS) is 19.9. The van der Waals surface area contributed by atoms with Gasteiger partial charge in [-0.1, -0.05) is 11.6 Å². The van der Waals surface area contributed by atoms with Gasteiger partial charge in [-0.3, -0.25) is 14.7 Å². The van der Waals surface area contributed by atoms with Crippen molar-refractivity contribution in [3.63, 3.8) is 0 Å². The summed E-state index contributed by atoms with van der Waals surface area (Å²) in [7, 11) is 0. The number of halogens is 1. The van der Waals surface area contributed by atoms with Gasteiger partial charge in [-0.25, -0.2) is 0 Å². The molecule has 2 fully saturated rings. The number of amides is 1. The molecule has 2 saturated heterocycles. The fourth-order valence-corrected chi connectivity index (χ4v) is 4.94. The van der Waals surface area contributed by atoms with Crippen molar-refractivity contribution in [2.45, 2.75) is 39.2 Å². The molecule has 28 heavy (non-hydrogen) atoms. The molecule has 0 aliphatic carbocycles. The summed E-state index contributed by atoms with van der Waals surface area (Å²) >= 11 is 7.63. The average Bonchev–Trinajstić information content (AvgIpc) is 3.38. The standard InChI is InChI=1S/C20H32ClN5OS/c1-3-22-20(23-9-8-17-6-7-18(21)28-17)26-14-12-24(13-15-26)16(2)19(27)25-10-4-5-11-25/h6-7,16H,3-5,8-15H2,1-2H3,(H,22,23). The number of guanidine groups is 1. The zero-order chi connectivity index (χ0) is 19.9. The highest BCUT2D eigenvalue weighted by atomic mass is 35.5. The fourth-order valence-electron chi connectivity index (χ4n) is 3.86. The lowest BCUT2D eigenvalue weighted by atomic mass is 10.2. The van der Waals surface area contributed by atoms with Crippen molar-refractivity contribution in [2.75, 3.05) is 52.4 Å². The van der Waals surface area contributed by atoms with Crippen LogP contribution in [0, 0.1) is 0 Å². The minimum absolute atomic E-state index is 0.0247. The topological polar surface area (TPSA) is 51.2 Å². The molecule has 0 bridgehead atoms. The van der Waals surface area contributed by atoms with Crippen molar-refractivity contribution < 1.29 is 4.79 Å². The van der Waals surface area contributed by atoms with Crippen molar-refractivity contribution in [2.24, 2.45) is 4.99 Å². The zero-order valence-electron chi connectivity index (χ0n) is 17.0. The van der Waals surface area contributed by atoms with Gasteiger partial charge in [0.15, 0.2) is 5.96 Å². The molecule has 6 nitrogen and oxygen atoms in total. The van der Waals surface area contributed by atoms with E-state index in [0.717, 1.165) is 81.9 Å². The lowest BCUT2D eigenvalue weighted by Crippen LogP contribution is -2.57. The van der Waals surface area contributed by atoms with Crippen molar-refractivity contribution in [1.29, 1.82) is 0 Å². The zero-order valence-corrected chi connectivity index (χ0v) is 18.6. The number of likely N-dealkylation sites (tertiary alicyclic amines) is 1. The highest BCUT2D eigenvalue weighted by Gasteiger charge is 2.30. The summed E-state index contributed by atoms with van der Waals surface area (Å²) in [4.78, 5) is 25.4. The van der Waals surface area contributed by atoms with Gasteiger partial charge in [-0.05, 0) is 38.8 Å². The Morgan fingerprint density at radius 2 is 1.89 bits per heavy atom. The third-order valence-corrected chi connectivity index (χ3v) is 6.81. The van der Waals surface area contributed by atoms with E-state index in [-0.39, 0.29) is 6.04 Å². The number of hydrogen-bond donors (Lipinski definition) is 1. The van der Waals surface area contributed by atoms with Crippen LogP contribution >= 0.6 is 22.9 Å². The smallest absolute Gasteiger partial charge is 0.239 e. The molecular formula is C20H32ClN5OS. The average molecular weight is 426 g/mol. The quantitative estimate of drug-likeness (QED) is 0.562. The molecule has 0 aromatic carbocycles. The molecule has 1 amide bonds. The van der Waals surface area contributed by atoms with Gasteiger partial charge in [0.25, 0.3) is 0 Å². The van der Waals surface area contributed by atoms with Crippen LogP contribution < -0.4 is 5.32 Å². The summed E-state index contributed by atoms with van der Waals surface area (Å²) in [6.45, 7) is 11.2. The Labute approximate surface area is 177 Å². The van der Waals surface area contributed by atoms with E-state index in [1.807, 2.05) is 11.0 Å². The number of aliphatic imine (C=N–C) groups is 1. The van der Waals surface area contributed by atoms with Crippen molar-refractivity contribution in [1.82, 2.24) is 20.0 Å². The van der Waals surface area contributed by atoms with E-state index >= 15 is 0 Å². The molecule has 8 heteroatoms. The molecule has 2 aliphatic rings. The molecule has 2 aliphatic heterocycles. The van der Waals surface area contributed by atoms with Gasteiger partial charge in [-0.15, -0.1) is 11.3 Å². The van der Waals surface area contributed by atoms with Crippen molar-refractivity contribution in [3.05, 3.63) is 21.3 Å². The molecule has 3 heterocycles. The van der Waals surface area contributed by atoms with Crippen molar-refractivity contribution in [3.8, 4) is 0 Å². The van der Waals surface area contributed by atoms with E-state index in [1.54, 1.807) is 11.3 Å². The maximum Gasteiger partial charge on any atom is 0.239 e. The minimum Gasteiger partial charge on any atom is -0.357 e. The van der Waals surface area contributed by atoms with Gasteiger partial charge >= 0.3 is 0 Å². The summed E-state index contributed by atoms with van der Waals surface area (Å²) in [5, 5.41) is 3.41. The second-order valence-electron chi connectivity index (χ2n) is 7.42. The SMILES string of the molecule is CCNC(=NCCc1ccc(Cl)s1)N1CCN(C(C)C(=O)N2CCCC2)CC1. The van der Waals surface area contributed by atoms with E-state index in [0.29, 0.717) is 5.91 Å². The lowest BCUT2D eigenvalue weighted by molar-refractivity contribution is -0.135. The number of nitrogens with zero attached hydrogens (tertiary/aromatic N) is 4. The fraction of sp³-hybridized carbons (Fsp3) is 0.700. The molecule has 1 aromatic rings. The van der Waals surface area contributed by atoms with E-state index in [1.165, 1.54) is 4.88 Å². The van der Waals surface area contributed by atoms with Crippen LogP contribution in [-0.4, -0.2) is 85.0 Å². The Balaban J connectivity index is 1.50. The summed E-state index contributed by atoms with van der Waals surface area (Å²) in [5.41, 5.74) is 0. The molecular weight excluding hydrogens is 394 g/mol. The molecule has 0 spiro atoms. The molecule has 1 atom stereocenters. The molecule has 1 unspecified atom stereocenters. The van der Waals surface area contributed by atoms with E-state index < -0.39 is 0 Å². The second kappa shape index (κ2) is 10.5. The molecule has 1 N–H and O–H groups in total. The number of hydrogen-bond acceptors (Lipinski definition) is 4. The van der Waals surface area contributed by atoms with E-state index in [9.17, 15) is 4.79 Å². The van der Waals surface area contributed by atoms with Gasteiger partial charge in [-0.2, -0.15) is 0 Å². The summed E-state index contributed by atoms with van der Waals surface area (Å²) in [6, 6.07) is 4.00. The van der Waals surface area contributed by atoms with Gasteiger partial charge in [0.2, 0.25) is 5.91 Å². The maximum atomic E-state index is 12.7. The Morgan fingerprint density at radius 3 is 2.50 bits per heavy atom. The monoisotopic (exact) mass is 425 g/mol. The Morgan fingerprint density at radius 1 is 1.18 bits per heavy atom. The number of piperazine rings is 1. The highest BCUT2D eigenvalue weighted by Crippen LogP contribution is 2.21. The number of carbonyl (C=O) groups excluding carboxylic acids is 1. The van der Waals surface area contributed by atoms with Crippen LogP contribution in [0.25, 0.3) is 0 Å². The molecule has 0 radical (unpaired) electrons. The Kier molecular flexibility index (Phi) is 8.00. The van der Waals surface area contributed by atoms with Crippen LogP contribution in [0.5, 0.6) is 0 Å². The summed E-state index contributed by atoms with van der Waals surface area (Å²) < 4.78 is 0.833. The molecule has 156 valence electrons. The van der Waals surface area contributed by atoms with Crippen LogP contribution in [0.15, 0.2) is 17.1 Å². The van der Waals surface area contributed by atoms with Crippen LogP contribution in [-0.2, 0) is 11.2 Å². The number of nitrogens with one attached hydrogen (secondary N) is 1. The highest BCUT2D eigenvalue weighted by molar-refractivity contribution is 7.16. The lowest BCUT2D eigenvalue weighted by Gasteiger charge is -2.39. The van der Waals surface area contributed by atoms with Gasteiger partial charge < -0.3 is 15.1 Å². The minimum atomic E-state index is -0.0247. The van der Waals surface area contributed by atoms with E-state index in [2.05, 4.69) is 35.0 Å². The first-order valence-corrected chi connectivity index (χ1v) is 11.6.